The highest BCUT2D eigenvalue weighted by atomic mass is 16.5. The predicted molar refractivity (Wildman–Crippen MR) is 77.4 cm³/mol. The van der Waals surface area contributed by atoms with Gasteiger partial charge in [-0.25, -0.2) is 4.98 Å². The van der Waals surface area contributed by atoms with E-state index in [-0.39, 0.29) is 5.54 Å². The van der Waals surface area contributed by atoms with Crippen molar-refractivity contribution in [1.29, 1.82) is 0 Å². The van der Waals surface area contributed by atoms with Gasteiger partial charge in [0.25, 0.3) is 0 Å². The number of hydrogen-bond acceptors (Lipinski definition) is 4. The first kappa shape index (κ1) is 14.3. The van der Waals surface area contributed by atoms with Crippen LogP contribution in [0.3, 0.4) is 0 Å². The Morgan fingerprint density at radius 1 is 1.47 bits per heavy atom. The molecule has 1 saturated heterocycles. The molecule has 2 rings (SSSR count). The summed E-state index contributed by atoms with van der Waals surface area (Å²) >= 11 is 0. The average molecular weight is 263 g/mol. The first-order valence-corrected chi connectivity index (χ1v) is 6.99. The fourth-order valence-corrected chi connectivity index (χ4v) is 2.60. The number of nitrogens with one attached hydrogen (secondary N) is 1. The Kier molecular flexibility index (Phi) is 4.42. The van der Waals surface area contributed by atoms with E-state index in [9.17, 15) is 0 Å². The minimum Gasteiger partial charge on any atom is -0.481 e. The third-order valence-corrected chi connectivity index (χ3v) is 3.74. The van der Waals surface area contributed by atoms with Gasteiger partial charge in [0.05, 0.1) is 12.8 Å². The Balaban J connectivity index is 2.10. The third-order valence-electron chi connectivity index (χ3n) is 3.74. The van der Waals surface area contributed by atoms with Crippen molar-refractivity contribution in [3.8, 4) is 5.88 Å². The van der Waals surface area contributed by atoms with E-state index >= 15 is 0 Å². The molecule has 1 fully saturated rings. The van der Waals surface area contributed by atoms with Crippen molar-refractivity contribution < 1.29 is 4.74 Å². The SMILES string of the molecule is COc1cccc(CN2CC(C)(C)NCCC2C)n1. The Hall–Kier alpha value is -1.13. The zero-order valence-corrected chi connectivity index (χ0v) is 12.4. The van der Waals surface area contributed by atoms with Crippen molar-refractivity contribution >= 4 is 0 Å². The molecule has 2 heterocycles. The molecule has 0 aromatic carbocycles. The van der Waals surface area contributed by atoms with Crippen LogP contribution in [0.2, 0.25) is 0 Å². The summed E-state index contributed by atoms with van der Waals surface area (Å²) in [6.07, 6.45) is 1.17. The molecule has 1 atom stereocenters. The maximum atomic E-state index is 5.19. The standard InChI is InChI=1S/C15H25N3O/c1-12-8-9-16-15(2,3)11-18(12)10-13-6-5-7-14(17-13)19-4/h5-7,12,16H,8-11H2,1-4H3. The summed E-state index contributed by atoms with van der Waals surface area (Å²) in [5, 5.41) is 3.60. The molecule has 1 N–H and O–H groups in total. The predicted octanol–water partition coefficient (Wildman–Crippen LogP) is 2.05. The molecule has 0 spiro atoms. The van der Waals surface area contributed by atoms with Crippen molar-refractivity contribution in [2.45, 2.75) is 45.3 Å². The van der Waals surface area contributed by atoms with E-state index in [1.165, 1.54) is 6.42 Å². The summed E-state index contributed by atoms with van der Waals surface area (Å²) in [6, 6.07) is 6.54. The van der Waals surface area contributed by atoms with Crippen LogP contribution in [0.1, 0.15) is 32.9 Å². The fraction of sp³-hybridized carbons (Fsp3) is 0.667. The average Bonchev–Trinajstić information content (AvgIpc) is 2.49. The van der Waals surface area contributed by atoms with E-state index < -0.39 is 0 Å². The van der Waals surface area contributed by atoms with E-state index in [0.29, 0.717) is 11.9 Å². The smallest absolute Gasteiger partial charge is 0.213 e. The molecule has 0 aliphatic carbocycles. The summed E-state index contributed by atoms with van der Waals surface area (Å²) in [5.74, 6) is 0.692. The Morgan fingerprint density at radius 3 is 3.00 bits per heavy atom. The number of pyridine rings is 1. The van der Waals surface area contributed by atoms with Gasteiger partial charge in [-0.3, -0.25) is 4.90 Å². The molecule has 4 heteroatoms. The van der Waals surface area contributed by atoms with Crippen LogP contribution in [-0.4, -0.2) is 41.7 Å². The number of aromatic nitrogens is 1. The van der Waals surface area contributed by atoms with Crippen LogP contribution >= 0.6 is 0 Å². The highest BCUT2D eigenvalue weighted by Crippen LogP contribution is 2.18. The van der Waals surface area contributed by atoms with Gasteiger partial charge >= 0.3 is 0 Å². The van der Waals surface area contributed by atoms with Crippen molar-refractivity contribution in [3.05, 3.63) is 23.9 Å². The lowest BCUT2D eigenvalue weighted by molar-refractivity contribution is 0.170. The number of methoxy groups -OCH3 is 1. The van der Waals surface area contributed by atoms with Gasteiger partial charge in [-0.2, -0.15) is 0 Å². The number of hydrogen-bond donors (Lipinski definition) is 1. The highest BCUT2D eigenvalue weighted by molar-refractivity contribution is 5.15. The molecule has 1 aliphatic rings. The lowest BCUT2D eigenvalue weighted by Gasteiger charge is -2.32. The lowest BCUT2D eigenvalue weighted by Crippen LogP contribution is -2.47. The molecule has 0 bridgehead atoms. The van der Waals surface area contributed by atoms with E-state index in [2.05, 4.69) is 42.0 Å². The van der Waals surface area contributed by atoms with Crippen LogP contribution in [0.5, 0.6) is 5.88 Å². The molecule has 1 aliphatic heterocycles. The minimum absolute atomic E-state index is 0.156. The maximum Gasteiger partial charge on any atom is 0.213 e. The first-order valence-electron chi connectivity index (χ1n) is 6.99. The minimum atomic E-state index is 0.156. The quantitative estimate of drug-likeness (QED) is 0.905. The largest absolute Gasteiger partial charge is 0.481 e. The summed E-state index contributed by atoms with van der Waals surface area (Å²) in [7, 11) is 1.66. The monoisotopic (exact) mass is 263 g/mol. The van der Waals surface area contributed by atoms with E-state index in [1.54, 1.807) is 7.11 Å². The van der Waals surface area contributed by atoms with Crippen LogP contribution in [-0.2, 0) is 6.54 Å². The van der Waals surface area contributed by atoms with Crippen LogP contribution in [0.15, 0.2) is 18.2 Å². The highest BCUT2D eigenvalue weighted by Gasteiger charge is 2.28. The third kappa shape index (κ3) is 3.91. The molecular weight excluding hydrogens is 238 g/mol. The molecule has 0 radical (unpaired) electrons. The molecule has 1 unspecified atom stereocenters. The van der Waals surface area contributed by atoms with Crippen molar-refractivity contribution in [2.24, 2.45) is 0 Å². The van der Waals surface area contributed by atoms with Crippen LogP contribution in [0.4, 0.5) is 0 Å². The summed E-state index contributed by atoms with van der Waals surface area (Å²) in [4.78, 5) is 7.02. The Bertz CT molecular complexity index is 420. The van der Waals surface area contributed by atoms with Gasteiger partial charge in [-0.05, 0) is 39.8 Å². The molecule has 1 aromatic heterocycles. The van der Waals surface area contributed by atoms with Gasteiger partial charge in [0, 0.05) is 30.7 Å². The molecule has 19 heavy (non-hydrogen) atoms. The number of nitrogens with zero attached hydrogens (tertiary/aromatic N) is 2. The molecule has 0 saturated carbocycles. The second kappa shape index (κ2) is 5.88. The van der Waals surface area contributed by atoms with E-state index in [0.717, 1.165) is 25.3 Å². The second-order valence-electron chi connectivity index (χ2n) is 6.02. The van der Waals surface area contributed by atoms with Gasteiger partial charge in [0.2, 0.25) is 5.88 Å². The number of ether oxygens (including phenoxy) is 1. The normalized spacial score (nSPS) is 23.9. The molecule has 106 valence electrons. The molecule has 4 nitrogen and oxygen atoms in total. The van der Waals surface area contributed by atoms with E-state index in [1.807, 2.05) is 12.1 Å². The van der Waals surface area contributed by atoms with Crippen molar-refractivity contribution in [1.82, 2.24) is 15.2 Å². The molecule has 1 aromatic rings. The zero-order chi connectivity index (χ0) is 13.9. The van der Waals surface area contributed by atoms with Crippen LogP contribution in [0, 0.1) is 0 Å². The molecule has 0 amide bonds. The van der Waals surface area contributed by atoms with Crippen molar-refractivity contribution in [2.75, 3.05) is 20.2 Å². The number of rotatable bonds is 3. The zero-order valence-electron chi connectivity index (χ0n) is 12.4. The topological polar surface area (TPSA) is 37.4 Å². The van der Waals surface area contributed by atoms with Crippen LogP contribution in [0.25, 0.3) is 0 Å². The van der Waals surface area contributed by atoms with Crippen LogP contribution < -0.4 is 10.1 Å². The summed E-state index contributed by atoms with van der Waals surface area (Å²) < 4.78 is 5.19. The van der Waals surface area contributed by atoms with Gasteiger partial charge in [-0.1, -0.05) is 6.07 Å². The van der Waals surface area contributed by atoms with Gasteiger partial charge < -0.3 is 10.1 Å². The van der Waals surface area contributed by atoms with Gasteiger partial charge in [0.1, 0.15) is 0 Å². The Labute approximate surface area is 116 Å². The van der Waals surface area contributed by atoms with Gasteiger partial charge in [0.15, 0.2) is 0 Å². The molecular formula is C15H25N3O. The first-order chi connectivity index (χ1) is 9.00. The fourth-order valence-electron chi connectivity index (χ4n) is 2.60. The summed E-state index contributed by atoms with van der Waals surface area (Å²) in [6.45, 7) is 9.81. The maximum absolute atomic E-state index is 5.19. The lowest BCUT2D eigenvalue weighted by atomic mass is 10.1. The van der Waals surface area contributed by atoms with Gasteiger partial charge in [-0.15, -0.1) is 0 Å². The van der Waals surface area contributed by atoms with Crippen molar-refractivity contribution in [3.63, 3.8) is 0 Å². The van der Waals surface area contributed by atoms with E-state index in [4.69, 9.17) is 4.74 Å². The Morgan fingerprint density at radius 2 is 2.26 bits per heavy atom. The second-order valence-corrected chi connectivity index (χ2v) is 6.02. The summed E-state index contributed by atoms with van der Waals surface area (Å²) in [5.41, 5.74) is 1.23.